The number of fused-ring (bicyclic) bond motifs is 1. The number of rotatable bonds is 7. The van der Waals surface area contributed by atoms with Gasteiger partial charge in [0.1, 0.15) is 30.0 Å². The average molecular weight is 502 g/mol. The van der Waals surface area contributed by atoms with Crippen LogP contribution in [-0.2, 0) is 24.9 Å². The highest BCUT2D eigenvalue weighted by Gasteiger charge is 2.27. The summed E-state index contributed by atoms with van der Waals surface area (Å²) in [5.41, 5.74) is 5.12. The van der Waals surface area contributed by atoms with E-state index in [0.29, 0.717) is 25.1 Å². The zero-order valence-electron chi connectivity index (χ0n) is 21.8. The van der Waals surface area contributed by atoms with E-state index in [2.05, 4.69) is 10.1 Å². The minimum absolute atomic E-state index is 0.123. The summed E-state index contributed by atoms with van der Waals surface area (Å²) in [5, 5.41) is 5.14. The maximum absolute atomic E-state index is 14.7. The summed E-state index contributed by atoms with van der Waals surface area (Å²) < 4.78 is 22.8. The lowest BCUT2D eigenvalue weighted by molar-refractivity contribution is -0.135. The Hall–Kier alpha value is -3.81. The van der Waals surface area contributed by atoms with Crippen LogP contribution in [0.2, 0.25) is 0 Å². The Balaban J connectivity index is 1.53. The first-order chi connectivity index (χ1) is 17.9. The number of benzene rings is 2. The predicted octanol–water partition coefficient (Wildman–Crippen LogP) is 5.69. The zero-order valence-corrected chi connectivity index (χ0v) is 21.8. The molecule has 1 fully saturated rings. The Morgan fingerprint density at radius 3 is 2.76 bits per heavy atom. The molecule has 0 saturated carbocycles. The van der Waals surface area contributed by atoms with E-state index in [-0.39, 0.29) is 24.4 Å². The van der Waals surface area contributed by atoms with Crippen LogP contribution in [0.25, 0.3) is 22.3 Å². The molecule has 1 saturated heterocycles. The van der Waals surface area contributed by atoms with E-state index in [9.17, 15) is 9.18 Å². The number of aryl methyl sites for hydroxylation is 3. The number of aromatic nitrogens is 4. The third kappa shape index (κ3) is 4.80. The topological polar surface area (TPSA) is 73.1 Å². The van der Waals surface area contributed by atoms with Crippen LogP contribution in [0.3, 0.4) is 0 Å². The number of hydrogen-bond acceptors (Lipinski definition) is 5. The van der Waals surface area contributed by atoms with Crippen LogP contribution in [0.15, 0.2) is 42.7 Å². The van der Waals surface area contributed by atoms with Gasteiger partial charge in [-0.25, -0.2) is 19.0 Å². The van der Waals surface area contributed by atoms with Gasteiger partial charge >= 0.3 is 0 Å². The molecule has 8 heteroatoms. The number of ether oxygens (including phenoxy) is 1. The fourth-order valence-corrected chi connectivity index (χ4v) is 5.33. The van der Waals surface area contributed by atoms with Crippen molar-refractivity contribution in [2.45, 2.75) is 59.1 Å². The number of para-hydroxylation sites is 1. The fraction of sp³-hybridized carbons (Fsp3) is 0.379. The second-order valence-corrected chi connectivity index (χ2v) is 9.67. The van der Waals surface area contributed by atoms with Gasteiger partial charge in [-0.05, 0) is 74.1 Å². The Morgan fingerprint density at radius 1 is 1.19 bits per heavy atom. The maximum atomic E-state index is 14.7. The van der Waals surface area contributed by atoms with Crippen LogP contribution in [-0.4, -0.2) is 37.1 Å². The summed E-state index contributed by atoms with van der Waals surface area (Å²) in [5.74, 6) is 1.23. The van der Waals surface area contributed by atoms with E-state index >= 15 is 0 Å². The van der Waals surface area contributed by atoms with Gasteiger partial charge in [0, 0.05) is 36.7 Å². The molecule has 5 rings (SSSR count). The lowest BCUT2D eigenvalue weighted by Gasteiger charge is -2.34. The molecule has 0 aliphatic carbocycles. The lowest BCUT2D eigenvalue weighted by atomic mass is 9.93. The largest absolute Gasteiger partial charge is 0.487 e. The molecule has 1 aliphatic heterocycles. The fourth-order valence-electron chi connectivity index (χ4n) is 5.33. The Bertz CT molecular complexity index is 1460. The average Bonchev–Trinajstić information content (AvgIpc) is 3.32. The monoisotopic (exact) mass is 501 g/mol. The highest BCUT2D eigenvalue weighted by molar-refractivity contribution is 5.96. The first-order valence-electron chi connectivity index (χ1n) is 12.9. The summed E-state index contributed by atoms with van der Waals surface area (Å²) in [6.07, 6.45) is 4.61. The van der Waals surface area contributed by atoms with E-state index in [0.717, 1.165) is 57.5 Å². The van der Waals surface area contributed by atoms with Gasteiger partial charge in [-0.1, -0.05) is 19.1 Å². The van der Waals surface area contributed by atoms with Crippen LogP contribution in [0.5, 0.6) is 5.75 Å². The summed E-state index contributed by atoms with van der Waals surface area (Å²) in [6, 6.07) is 10.7. The summed E-state index contributed by atoms with van der Waals surface area (Å²) in [6.45, 7) is 6.88. The van der Waals surface area contributed by atoms with Crippen LogP contribution in [0.1, 0.15) is 61.5 Å². The molecule has 2 aromatic carbocycles. The van der Waals surface area contributed by atoms with Crippen molar-refractivity contribution in [2.75, 3.05) is 6.54 Å². The number of piperidine rings is 1. The lowest BCUT2D eigenvalue weighted by Crippen LogP contribution is -2.37. The van der Waals surface area contributed by atoms with E-state index < -0.39 is 0 Å². The van der Waals surface area contributed by atoms with Crippen molar-refractivity contribution in [3.05, 3.63) is 70.9 Å². The number of amides is 1. The molecule has 3 heterocycles. The minimum atomic E-state index is -0.289. The van der Waals surface area contributed by atoms with Crippen molar-refractivity contribution in [2.24, 2.45) is 7.05 Å². The van der Waals surface area contributed by atoms with E-state index in [1.165, 1.54) is 6.33 Å². The normalized spacial score (nSPS) is 14.8. The third-order valence-electron chi connectivity index (χ3n) is 7.25. The standard InChI is InChI=1S/C29H32FN5O2/c1-5-20-14-21(30)15-23(19(3)35-12-7-6-11-27(35)36)25(20)16-37-26-10-8-9-22-24(13-18(2)33-28(22)26)29-31-17-32-34(29)4/h8-10,13-15,17,19H,5-7,11-12,16H2,1-4H3/t19-/m0/s1. The molecule has 1 aliphatic rings. The Labute approximate surface area is 216 Å². The number of halogens is 1. The van der Waals surface area contributed by atoms with Gasteiger partial charge in [-0.2, -0.15) is 5.10 Å². The summed E-state index contributed by atoms with van der Waals surface area (Å²) in [7, 11) is 1.86. The van der Waals surface area contributed by atoms with Crippen LogP contribution in [0, 0.1) is 12.7 Å². The summed E-state index contributed by atoms with van der Waals surface area (Å²) >= 11 is 0. The first-order valence-corrected chi connectivity index (χ1v) is 12.9. The number of carbonyl (C=O) groups is 1. The van der Waals surface area contributed by atoms with E-state index in [4.69, 9.17) is 9.72 Å². The van der Waals surface area contributed by atoms with Crippen LogP contribution in [0.4, 0.5) is 4.39 Å². The quantitative estimate of drug-likeness (QED) is 0.325. The molecule has 1 atom stereocenters. The molecule has 37 heavy (non-hydrogen) atoms. The zero-order chi connectivity index (χ0) is 26.1. The van der Waals surface area contributed by atoms with Crippen LogP contribution < -0.4 is 4.74 Å². The number of carbonyl (C=O) groups excluding carboxylic acids is 1. The molecule has 0 bridgehead atoms. The van der Waals surface area contributed by atoms with E-state index in [1.54, 1.807) is 16.8 Å². The van der Waals surface area contributed by atoms with Crippen molar-refractivity contribution in [3.8, 4) is 17.1 Å². The maximum Gasteiger partial charge on any atom is 0.223 e. The predicted molar refractivity (Wildman–Crippen MR) is 141 cm³/mol. The van der Waals surface area contributed by atoms with Gasteiger partial charge < -0.3 is 9.64 Å². The number of nitrogens with zero attached hydrogens (tertiary/aromatic N) is 5. The molecule has 4 aromatic rings. The molecule has 0 N–H and O–H groups in total. The van der Waals surface area contributed by atoms with Gasteiger partial charge in [0.05, 0.1) is 6.04 Å². The molecule has 0 radical (unpaired) electrons. The molecular weight excluding hydrogens is 469 g/mol. The molecule has 0 unspecified atom stereocenters. The van der Waals surface area contributed by atoms with E-state index in [1.807, 2.05) is 57.0 Å². The number of hydrogen-bond donors (Lipinski definition) is 0. The van der Waals surface area contributed by atoms with Crippen molar-refractivity contribution in [1.82, 2.24) is 24.6 Å². The van der Waals surface area contributed by atoms with Gasteiger partial charge in [0.25, 0.3) is 0 Å². The van der Waals surface area contributed by atoms with Crippen molar-refractivity contribution in [3.63, 3.8) is 0 Å². The number of likely N-dealkylation sites (tertiary alicyclic amines) is 1. The SMILES string of the molecule is CCc1cc(F)cc([C@H](C)N2CCCCC2=O)c1COc1cccc2c(-c3ncnn3C)cc(C)nc12. The molecule has 1 amide bonds. The van der Waals surface area contributed by atoms with Crippen molar-refractivity contribution in [1.29, 1.82) is 0 Å². The Morgan fingerprint density at radius 2 is 2.03 bits per heavy atom. The van der Waals surface area contributed by atoms with Crippen molar-refractivity contribution >= 4 is 16.8 Å². The smallest absolute Gasteiger partial charge is 0.223 e. The summed E-state index contributed by atoms with van der Waals surface area (Å²) in [4.78, 5) is 23.7. The van der Waals surface area contributed by atoms with Gasteiger partial charge in [-0.3, -0.25) is 4.79 Å². The highest BCUT2D eigenvalue weighted by Crippen LogP contribution is 2.35. The van der Waals surface area contributed by atoms with Gasteiger partial charge in [0.2, 0.25) is 5.91 Å². The molecule has 2 aromatic heterocycles. The number of pyridine rings is 1. The minimum Gasteiger partial charge on any atom is -0.487 e. The first kappa shape index (κ1) is 24.9. The second-order valence-electron chi connectivity index (χ2n) is 9.67. The van der Waals surface area contributed by atoms with Gasteiger partial charge in [-0.15, -0.1) is 0 Å². The molecule has 7 nitrogen and oxygen atoms in total. The highest BCUT2D eigenvalue weighted by atomic mass is 19.1. The van der Waals surface area contributed by atoms with Crippen LogP contribution >= 0.6 is 0 Å². The molecular formula is C29H32FN5O2. The Kier molecular flexibility index (Phi) is 6.91. The third-order valence-corrected chi connectivity index (χ3v) is 7.25. The van der Waals surface area contributed by atoms with Crippen molar-refractivity contribution < 1.29 is 13.9 Å². The molecule has 0 spiro atoms. The van der Waals surface area contributed by atoms with Gasteiger partial charge in [0.15, 0.2) is 5.82 Å². The molecule has 192 valence electrons. The second kappa shape index (κ2) is 10.3.